The van der Waals surface area contributed by atoms with Gasteiger partial charge in [-0.25, -0.2) is 0 Å². The predicted octanol–water partition coefficient (Wildman–Crippen LogP) is 3.63. The van der Waals surface area contributed by atoms with Gasteiger partial charge < -0.3 is 9.84 Å². The maximum Gasteiger partial charge on any atom is 0.125 e. The Morgan fingerprint density at radius 2 is 1.86 bits per heavy atom. The Balaban J connectivity index is 2.19. The van der Waals surface area contributed by atoms with E-state index in [4.69, 9.17) is 4.74 Å². The maximum atomic E-state index is 10.8. The molecule has 0 saturated carbocycles. The highest BCUT2D eigenvalue weighted by atomic mass is 16.5. The van der Waals surface area contributed by atoms with Crippen molar-refractivity contribution in [3.63, 3.8) is 0 Å². The van der Waals surface area contributed by atoms with E-state index in [1.54, 1.807) is 13.3 Å². The van der Waals surface area contributed by atoms with Crippen molar-refractivity contribution < 1.29 is 9.84 Å². The highest BCUT2D eigenvalue weighted by Crippen LogP contribution is 2.35. The standard InChI is InChI=1S/C18H17NO2/c1-12-7-8-14(11-19-12)18(20)17-15-6-4-3-5-13(15)9-10-16(17)21-2/h3-11,18,20H,1-2H3. The number of aliphatic hydroxyl groups excluding tert-OH is 1. The molecular weight excluding hydrogens is 262 g/mol. The van der Waals surface area contributed by atoms with E-state index in [1.807, 2.05) is 55.5 Å². The van der Waals surface area contributed by atoms with Gasteiger partial charge in [-0.1, -0.05) is 36.4 Å². The molecule has 0 radical (unpaired) electrons. The summed E-state index contributed by atoms with van der Waals surface area (Å²) in [5, 5.41) is 12.8. The van der Waals surface area contributed by atoms with Crippen molar-refractivity contribution in [1.82, 2.24) is 4.98 Å². The van der Waals surface area contributed by atoms with Crippen LogP contribution in [0.1, 0.15) is 22.9 Å². The molecule has 0 fully saturated rings. The number of nitrogens with zero attached hydrogens (tertiary/aromatic N) is 1. The van der Waals surface area contributed by atoms with Crippen molar-refractivity contribution in [2.24, 2.45) is 0 Å². The Kier molecular flexibility index (Phi) is 3.59. The number of methoxy groups -OCH3 is 1. The minimum atomic E-state index is -0.765. The number of hydrogen-bond acceptors (Lipinski definition) is 3. The molecule has 0 aliphatic heterocycles. The highest BCUT2D eigenvalue weighted by Gasteiger charge is 2.18. The van der Waals surface area contributed by atoms with E-state index in [1.165, 1.54) is 0 Å². The molecule has 1 unspecified atom stereocenters. The molecule has 3 rings (SSSR count). The number of aromatic nitrogens is 1. The van der Waals surface area contributed by atoms with Gasteiger partial charge in [-0.3, -0.25) is 4.98 Å². The lowest BCUT2D eigenvalue weighted by atomic mass is 9.95. The molecular formula is C18H17NO2. The molecule has 1 atom stereocenters. The largest absolute Gasteiger partial charge is 0.496 e. The lowest BCUT2D eigenvalue weighted by Gasteiger charge is -2.17. The van der Waals surface area contributed by atoms with Crippen LogP contribution in [0.15, 0.2) is 54.7 Å². The summed E-state index contributed by atoms with van der Waals surface area (Å²) in [5.74, 6) is 0.682. The van der Waals surface area contributed by atoms with E-state index in [-0.39, 0.29) is 0 Å². The summed E-state index contributed by atoms with van der Waals surface area (Å²) in [6.07, 6.45) is 0.945. The number of pyridine rings is 1. The van der Waals surface area contributed by atoms with Gasteiger partial charge in [0.05, 0.1) is 7.11 Å². The van der Waals surface area contributed by atoms with Gasteiger partial charge in [-0.05, 0) is 29.8 Å². The molecule has 1 heterocycles. The normalized spacial score (nSPS) is 12.3. The number of aliphatic hydroxyl groups is 1. The van der Waals surface area contributed by atoms with Crippen LogP contribution >= 0.6 is 0 Å². The van der Waals surface area contributed by atoms with Crippen LogP contribution in [0.3, 0.4) is 0 Å². The van der Waals surface area contributed by atoms with Gasteiger partial charge in [0.15, 0.2) is 0 Å². The number of aryl methyl sites for hydroxylation is 1. The molecule has 2 aromatic carbocycles. The third-order valence-electron chi connectivity index (χ3n) is 3.67. The fraction of sp³-hybridized carbons (Fsp3) is 0.167. The lowest BCUT2D eigenvalue weighted by molar-refractivity contribution is 0.216. The van der Waals surface area contributed by atoms with E-state index >= 15 is 0 Å². The van der Waals surface area contributed by atoms with Gasteiger partial charge >= 0.3 is 0 Å². The van der Waals surface area contributed by atoms with Crippen LogP contribution in [-0.4, -0.2) is 17.2 Å². The predicted molar refractivity (Wildman–Crippen MR) is 83.5 cm³/mol. The molecule has 0 aliphatic rings. The summed E-state index contributed by atoms with van der Waals surface area (Å²) < 4.78 is 5.44. The minimum absolute atomic E-state index is 0.682. The first-order valence-electron chi connectivity index (χ1n) is 6.87. The van der Waals surface area contributed by atoms with Crippen molar-refractivity contribution in [2.75, 3.05) is 7.11 Å². The Morgan fingerprint density at radius 1 is 1.05 bits per heavy atom. The zero-order chi connectivity index (χ0) is 14.8. The number of ether oxygens (including phenoxy) is 1. The summed E-state index contributed by atoms with van der Waals surface area (Å²) in [6.45, 7) is 1.93. The van der Waals surface area contributed by atoms with Crippen molar-refractivity contribution in [1.29, 1.82) is 0 Å². The molecule has 0 saturated heterocycles. The first-order chi connectivity index (χ1) is 10.2. The summed E-state index contributed by atoms with van der Waals surface area (Å²) in [4.78, 5) is 4.26. The number of fused-ring (bicyclic) bond motifs is 1. The summed E-state index contributed by atoms with van der Waals surface area (Å²) in [7, 11) is 1.62. The summed E-state index contributed by atoms with van der Waals surface area (Å²) >= 11 is 0. The second-order valence-electron chi connectivity index (χ2n) is 5.04. The number of hydrogen-bond donors (Lipinski definition) is 1. The Morgan fingerprint density at radius 3 is 2.57 bits per heavy atom. The molecule has 3 aromatic rings. The quantitative estimate of drug-likeness (QED) is 0.796. The summed E-state index contributed by atoms with van der Waals surface area (Å²) in [5.41, 5.74) is 2.47. The second kappa shape index (κ2) is 5.54. The molecule has 1 N–H and O–H groups in total. The van der Waals surface area contributed by atoms with Crippen LogP contribution < -0.4 is 4.74 Å². The van der Waals surface area contributed by atoms with E-state index in [2.05, 4.69) is 4.98 Å². The second-order valence-corrected chi connectivity index (χ2v) is 5.04. The zero-order valence-corrected chi connectivity index (χ0v) is 12.1. The summed E-state index contributed by atoms with van der Waals surface area (Å²) in [6, 6.07) is 15.7. The van der Waals surface area contributed by atoms with E-state index in [0.717, 1.165) is 27.6 Å². The highest BCUT2D eigenvalue weighted by molar-refractivity contribution is 5.88. The van der Waals surface area contributed by atoms with Crippen LogP contribution in [0.5, 0.6) is 5.75 Å². The monoisotopic (exact) mass is 279 g/mol. The minimum Gasteiger partial charge on any atom is -0.496 e. The first-order valence-corrected chi connectivity index (χ1v) is 6.87. The fourth-order valence-electron chi connectivity index (χ4n) is 2.54. The molecule has 0 amide bonds. The van der Waals surface area contributed by atoms with Crippen molar-refractivity contribution >= 4 is 10.8 Å². The molecule has 0 aliphatic carbocycles. The SMILES string of the molecule is COc1ccc2ccccc2c1C(O)c1ccc(C)nc1. The smallest absolute Gasteiger partial charge is 0.125 e. The average Bonchev–Trinajstić information content (AvgIpc) is 2.53. The topological polar surface area (TPSA) is 42.4 Å². The Bertz CT molecular complexity index is 766. The van der Waals surface area contributed by atoms with Crippen LogP contribution in [0.25, 0.3) is 10.8 Å². The molecule has 3 heteroatoms. The Labute approximate surface area is 123 Å². The third-order valence-corrected chi connectivity index (χ3v) is 3.67. The Hall–Kier alpha value is -2.39. The third kappa shape index (κ3) is 2.48. The van der Waals surface area contributed by atoms with Gasteiger partial charge in [-0.15, -0.1) is 0 Å². The van der Waals surface area contributed by atoms with Crippen LogP contribution in [-0.2, 0) is 0 Å². The first kappa shape index (κ1) is 13.6. The lowest BCUT2D eigenvalue weighted by Crippen LogP contribution is -2.04. The van der Waals surface area contributed by atoms with Crippen LogP contribution in [0.4, 0.5) is 0 Å². The molecule has 1 aromatic heterocycles. The van der Waals surface area contributed by atoms with Gasteiger partial charge in [-0.2, -0.15) is 0 Å². The molecule has 106 valence electrons. The van der Waals surface area contributed by atoms with E-state index < -0.39 is 6.10 Å². The maximum absolute atomic E-state index is 10.8. The van der Waals surface area contributed by atoms with Gasteiger partial charge in [0.2, 0.25) is 0 Å². The van der Waals surface area contributed by atoms with Crippen LogP contribution in [0.2, 0.25) is 0 Å². The molecule has 3 nitrogen and oxygen atoms in total. The van der Waals surface area contributed by atoms with Gasteiger partial charge in [0.25, 0.3) is 0 Å². The molecule has 0 spiro atoms. The van der Waals surface area contributed by atoms with Gasteiger partial charge in [0, 0.05) is 23.0 Å². The van der Waals surface area contributed by atoms with Crippen molar-refractivity contribution in [3.8, 4) is 5.75 Å². The van der Waals surface area contributed by atoms with E-state index in [0.29, 0.717) is 5.75 Å². The van der Waals surface area contributed by atoms with Crippen molar-refractivity contribution in [2.45, 2.75) is 13.0 Å². The van der Waals surface area contributed by atoms with Crippen molar-refractivity contribution in [3.05, 3.63) is 71.5 Å². The zero-order valence-electron chi connectivity index (χ0n) is 12.1. The van der Waals surface area contributed by atoms with Crippen LogP contribution in [0, 0.1) is 6.92 Å². The van der Waals surface area contributed by atoms with E-state index in [9.17, 15) is 5.11 Å². The van der Waals surface area contributed by atoms with Gasteiger partial charge in [0.1, 0.15) is 11.9 Å². The fourth-order valence-corrected chi connectivity index (χ4v) is 2.54. The average molecular weight is 279 g/mol. The molecule has 0 bridgehead atoms. The number of rotatable bonds is 3. The number of benzene rings is 2. The molecule has 21 heavy (non-hydrogen) atoms.